The summed E-state index contributed by atoms with van der Waals surface area (Å²) in [6.07, 6.45) is 2.10. The Balaban J connectivity index is 1.94. The van der Waals surface area contributed by atoms with Crippen molar-refractivity contribution in [2.24, 2.45) is 0 Å². The molecule has 0 saturated carbocycles. The maximum Gasteiger partial charge on any atom is 0.264 e. The Kier molecular flexibility index (Phi) is 7.42. The SMILES string of the molecule is COc1cc2c(NS(=O)(=O)c3cccc(Cl)c3Cl)ncnc2cc1OCCCN(C)C. The van der Waals surface area contributed by atoms with Crippen molar-refractivity contribution in [3.63, 3.8) is 0 Å². The Morgan fingerprint density at radius 2 is 1.90 bits per heavy atom. The maximum absolute atomic E-state index is 12.9. The first kappa shape index (κ1) is 23.3. The summed E-state index contributed by atoms with van der Waals surface area (Å²) in [6, 6.07) is 7.70. The average Bonchev–Trinajstić information content (AvgIpc) is 2.72. The van der Waals surface area contributed by atoms with Crippen LogP contribution in [0.1, 0.15) is 6.42 Å². The highest BCUT2D eigenvalue weighted by Gasteiger charge is 2.22. The number of anilines is 1. The fourth-order valence-corrected chi connectivity index (χ4v) is 4.65. The van der Waals surface area contributed by atoms with Crippen LogP contribution in [0, 0.1) is 0 Å². The van der Waals surface area contributed by atoms with Gasteiger partial charge in [0.2, 0.25) is 0 Å². The molecular formula is C20H22Cl2N4O4S. The topological polar surface area (TPSA) is 93.6 Å². The third-order valence-electron chi connectivity index (χ3n) is 4.36. The summed E-state index contributed by atoms with van der Waals surface area (Å²) in [5, 5.41) is 0.512. The van der Waals surface area contributed by atoms with Crippen LogP contribution in [-0.4, -0.2) is 57.6 Å². The van der Waals surface area contributed by atoms with Gasteiger partial charge in [-0.05, 0) is 38.7 Å². The zero-order valence-electron chi connectivity index (χ0n) is 17.2. The summed E-state index contributed by atoms with van der Waals surface area (Å²) in [4.78, 5) is 10.2. The molecule has 3 aromatic rings. The molecule has 0 saturated heterocycles. The lowest BCUT2D eigenvalue weighted by molar-refractivity contribution is 0.268. The van der Waals surface area contributed by atoms with Gasteiger partial charge in [-0.1, -0.05) is 29.3 Å². The van der Waals surface area contributed by atoms with Crippen molar-refractivity contribution >= 4 is 49.9 Å². The molecule has 1 heterocycles. The summed E-state index contributed by atoms with van der Waals surface area (Å²) in [5.41, 5.74) is 0.494. The molecule has 3 rings (SSSR count). The Hall–Kier alpha value is -2.33. The van der Waals surface area contributed by atoms with E-state index in [1.807, 2.05) is 14.1 Å². The number of nitrogens with one attached hydrogen (secondary N) is 1. The summed E-state index contributed by atoms with van der Waals surface area (Å²) in [5.74, 6) is 1.03. The van der Waals surface area contributed by atoms with Crippen molar-refractivity contribution in [1.29, 1.82) is 0 Å². The molecule has 1 aromatic heterocycles. The molecule has 11 heteroatoms. The highest BCUT2D eigenvalue weighted by atomic mass is 35.5. The Morgan fingerprint density at radius 3 is 2.61 bits per heavy atom. The normalized spacial score (nSPS) is 11.7. The number of fused-ring (bicyclic) bond motifs is 1. The van der Waals surface area contributed by atoms with Crippen molar-refractivity contribution in [3.8, 4) is 11.5 Å². The molecule has 2 aromatic carbocycles. The number of hydrogen-bond acceptors (Lipinski definition) is 7. The lowest BCUT2D eigenvalue weighted by Gasteiger charge is -2.15. The van der Waals surface area contributed by atoms with Crippen LogP contribution in [0.25, 0.3) is 10.9 Å². The molecule has 0 aliphatic heterocycles. The lowest BCUT2D eigenvalue weighted by Crippen LogP contribution is -2.16. The van der Waals surface area contributed by atoms with E-state index < -0.39 is 10.0 Å². The van der Waals surface area contributed by atoms with Crippen molar-refractivity contribution in [1.82, 2.24) is 14.9 Å². The Morgan fingerprint density at radius 1 is 1.13 bits per heavy atom. The summed E-state index contributed by atoms with van der Waals surface area (Å²) >= 11 is 12.0. The molecular weight excluding hydrogens is 463 g/mol. The van der Waals surface area contributed by atoms with Crippen LogP contribution in [0.5, 0.6) is 11.5 Å². The number of ether oxygens (including phenoxy) is 2. The van der Waals surface area contributed by atoms with Gasteiger partial charge in [-0.15, -0.1) is 0 Å². The van der Waals surface area contributed by atoms with Crippen molar-refractivity contribution < 1.29 is 17.9 Å². The molecule has 0 unspecified atom stereocenters. The molecule has 8 nitrogen and oxygen atoms in total. The van der Waals surface area contributed by atoms with E-state index in [0.717, 1.165) is 13.0 Å². The molecule has 1 N–H and O–H groups in total. The predicted molar refractivity (Wildman–Crippen MR) is 122 cm³/mol. The van der Waals surface area contributed by atoms with Gasteiger partial charge in [0.25, 0.3) is 10.0 Å². The molecule has 0 fully saturated rings. The van der Waals surface area contributed by atoms with Gasteiger partial charge in [-0.25, -0.2) is 18.4 Å². The largest absolute Gasteiger partial charge is 0.493 e. The van der Waals surface area contributed by atoms with Crippen molar-refractivity contribution in [3.05, 3.63) is 46.7 Å². The molecule has 0 radical (unpaired) electrons. The molecule has 0 spiro atoms. The number of aromatic nitrogens is 2. The smallest absolute Gasteiger partial charge is 0.264 e. The van der Waals surface area contributed by atoms with Crippen LogP contribution < -0.4 is 14.2 Å². The van der Waals surface area contributed by atoms with Gasteiger partial charge in [0.15, 0.2) is 17.3 Å². The first-order valence-corrected chi connectivity index (χ1v) is 11.5. The van der Waals surface area contributed by atoms with Crippen LogP contribution in [0.3, 0.4) is 0 Å². The quantitative estimate of drug-likeness (QED) is 0.457. The molecule has 0 atom stereocenters. The summed E-state index contributed by atoms with van der Waals surface area (Å²) < 4.78 is 39.5. The molecule has 0 aliphatic rings. The fraction of sp³-hybridized carbons (Fsp3) is 0.300. The number of sulfonamides is 1. The van der Waals surface area contributed by atoms with Gasteiger partial charge in [0, 0.05) is 18.0 Å². The fourth-order valence-electron chi connectivity index (χ4n) is 2.85. The van der Waals surface area contributed by atoms with E-state index in [-0.39, 0.29) is 20.8 Å². The number of benzene rings is 2. The third kappa shape index (κ3) is 5.48. The second kappa shape index (κ2) is 9.86. The van der Waals surface area contributed by atoms with E-state index in [0.29, 0.717) is 29.0 Å². The van der Waals surface area contributed by atoms with E-state index in [1.54, 1.807) is 12.1 Å². The summed E-state index contributed by atoms with van der Waals surface area (Å²) in [6.45, 7) is 1.38. The predicted octanol–water partition coefficient (Wildman–Crippen LogP) is 4.08. The van der Waals surface area contributed by atoms with E-state index in [2.05, 4.69) is 19.6 Å². The van der Waals surface area contributed by atoms with E-state index >= 15 is 0 Å². The molecule has 0 bridgehead atoms. The number of rotatable bonds is 9. The van der Waals surface area contributed by atoms with Gasteiger partial charge in [-0.3, -0.25) is 4.72 Å². The lowest BCUT2D eigenvalue weighted by atomic mass is 10.2. The average molecular weight is 485 g/mol. The number of halogens is 2. The number of methoxy groups -OCH3 is 1. The standard InChI is InChI=1S/C20H22Cl2N4O4S/c1-26(2)8-5-9-30-17-11-15-13(10-16(17)29-3)20(24-12-23-15)25-31(27,28)18-7-4-6-14(21)19(18)22/h4,6-7,10-12H,5,8-9H2,1-3H3,(H,23,24,25). The first-order valence-electron chi connectivity index (χ1n) is 9.30. The minimum atomic E-state index is -4.05. The molecule has 31 heavy (non-hydrogen) atoms. The maximum atomic E-state index is 12.9. The Labute approximate surface area is 191 Å². The minimum absolute atomic E-state index is 0.0685. The van der Waals surface area contributed by atoms with Crippen LogP contribution in [-0.2, 0) is 10.0 Å². The second-order valence-corrected chi connectivity index (χ2v) is 9.34. The van der Waals surface area contributed by atoms with Crippen LogP contribution in [0.15, 0.2) is 41.6 Å². The number of nitrogens with zero attached hydrogens (tertiary/aromatic N) is 3. The highest BCUT2D eigenvalue weighted by Crippen LogP contribution is 2.35. The van der Waals surface area contributed by atoms with Gasteiger partial charge < -0.3 is 14.4 Å². The Bertz CT molecular complexity index is 1190. The van der Waals surface area contributed by atoms with Gasteiger partial charge in [0.05, 0.1) is 29.3 Å². The zero-order valence-corrected chi connectivity index (χ0v) is 19.6. The zero-order chi connectivity index (χ0) is 22.6. The van der Waals surface area contributed by atoms with Gasteiger partial charge in [-0.2, -0.15) is 0 Å². The summed E-state index contributed by atoms with van der Waals surface area (Å²) in [7, 11) is 1.45. The highest BCUT2D eigenvalue weighted by molar-refractivity contribution is 7.92. The third-order valence-corrected chi connectivity index (χ3v) is 6.68. The minimum Gasteiger partial charge on any atom is -0.493 e. The van der Waals surface area contributed by atoms with Gasteiger partial charge in [0.1, 0.15) is 11.2 Å². The number of hydrogen-bond donors (Lipinski definition) is 1. The molecule has 0 amide bonds. The molecule has 0 aliphatic carbocycles. The first-order chi connectivity index (χ1) is 14.7. The monoisotopic (exact) mass is 484 g/mol. The van der Waals surface area contributed by atoms with Crippen molar-refractivity contribution in [2.75, 3.05) is 39.1 Å². The second-order valence-electron chi connectivity index (χ2n) is 6.91. The van der Waals surface area contributed by atoms with Crippen LogP contribution in [0.2, 0.25) is 10.0 Å². The van der Waals surface area contributed by atoms with Crippen molar-refractivity contribution in [2.45, 2.75) is 11.3 Å². The van der Waals surface area contributed by atoms with Gasteiger partial charge >= 0.3 is 0 Å². The van der Waals surface area contributed by atoms with E-state index in [9.17, 15) is 8.42 Å². The molecule has 166 valence electrons. The van der Waals surface area contributed by atoms with Crippen LogP contribution in [0.4, 0.5) is 5.82 Å². The van der Waals surface area contributed by atoms with Crippen LogP contribution >= 0.6 is 23.2 Å². The van der Waals surface area contributed by atoms with E-state index in [4.69, 9.17) is 32.7 Å². The van der Waals surface area contributed by atoms with E-state index in [1.165, 1.54) is 31.6 Å².